The topological polar surface area (TPSA) is 68.8 Å². The van der Waals surface area contributed by atoms with Crippen LogP contribution < -0.4 is 5.32 Å². The van der Waals surface area contributed by atoms with E-state index in [2.05, 4.69) is 34.4 Å². The molecular weight excluding hydrogens is 290 g/mol. The molecule has 0 spiro atoms. The molecule has 0 amide bonds. The zero-order valence-corrected chi connectivity index (χ0v) is 13.6. The zero-order valence-electron chi connectivity index (χ0n) is 13.6. The van der Waals surface area contributed by atoms with E-state index in [9.17, 15) is 0 Å². The van der Waals surface area contributed by atoms with Gasteiger partial charge < -0.3 is 9.84 Å². The van der Waals surface area contributed by atoms with Gasteiger partial charge in [0.15, 0.2) is 0 Å². The Hall–Kier alpha value is -2.47. The molecule has 0 aliphatic carbocycles. The van der Waals surface area contributed by atoms with Gasteiger partial charge in [0.25, 0.3) is 0 Å². The number of benzene rings is 1. The van der Waals surface area contributed by atoms with Gasteiger partial charge in [-0.2, -0.15) is 10.1 Å². The van der Waals surface area contributed by atoms with Gasteiger partial charge in [-0.3, -0.25) is 4.68 Å². The lowest BCUT2D eigenvalue weighted by molar-refractivity contribution is 0.325. The molecular formula is C17H21N5O. The smallest absolute Gasteiger partial charge is 0.240 e. The third-order valence-electron chi connectivity index (χ3n) is 4.10. The molecule has 2 aromatic heterocycles. The predicted molar refractivity (Wildman–Crippen MR) is 87.7 cm³/mol. The maximum Gasteiger partial charge on any atom is 0.240 e. The molecule has 2 heterocycles. The van der Waals surface area contributed by atoms with E-state index in [4.69, 9.17) is 4.52 Å². The fourth-order valence-corrected chi connectivity index (χ4v) is 2.43. The Morgan fingerprint density at radius 2 is 2.04 bits per heavy atom. The SMILES string of the molecule is Cc1ccccc1-c1noc(CN[C@H](C)[C@H](C)n2cccn2)n1. The van der Waals surface area contributed by atoms with Crippen molar-refractivity contribution < 1.29 is 4.52 Å². The second-order valence-corrected chi connectivity index (χ2v) is 5.72. The largest absolute Gasteiger partial charge is 0.338 e. The normalized spacial score (nSPS) is 13.9. The van der Waals surface area contributed by atoms with Crippen molar-refractivity contribution in [1.29, 1.82) is 0 Å². The molecule has 6 heteroatoms. The van der Waals surface area contributed by atoms with Crippen LogP contribution in [0.25, 0.3) is 11.4 Å². The minimum absolute atomic E-state index is 0.226. The van der Waals surface area contributed by atoms with E-state index in [1.54, 1.807) is 6.20 Å². The highest BCUT2D eigenvalue weighted by Gasteiger charge is 2.16. The Morgan fingerprint density at radius 3 is 2.78 bits per heavy atom. The Kier molecular flexibility index (Phi) is 4.52. The zero-order chi connectivity index (χ0) is 16.2. The van der Waals surface area contributed by atoms with Gasteiger partial charge in [0, 0.05) is 24.0 Å². The van der Waals surface area contributed by atoms with Gasteiger partial charge in [0.05, 0.1) is 12.6 Å². The summed E-state index contributed by atoms with van der Waals surface area (Å²) in [5, 5.41) is 11.8. The lowest BCUT2D eigenvalue weighted by Crippen LogP contribution is -2.33. The number of nitrogens with one attached hydrogen (secondary N) is 1. The average molecular weight is 311 g/mol. The van der Waals surface area contributed by atoms with Gasteiger partial charge in [0.2, 0.25) is 11.7 Å². The van der Waals surface area contributed by atoms with Gasteiger partial charge in [-0.1, -0.05) is 29.4 Å². The molecule has 1 N–H and O–H groups in total. The van der Waals surface area contributed by atoms with Crippen molar-refractivity contribution in [2.75, 3.05) is 0 Å². The summed E-state index contributed by atoms with van der Waals surface area (Å²) in [5.74, 6) is 1.22. The maximum absolute atomic E-state index is 5.35. The maximum atomic E-state index is 5.35. The Bertz CT molecular complexity index is 750. The first-order valence-electron chi connectivity index (χ1n) is 7.76. The van der Waals surface area contributed by atoms with Crippen molar-refractivity contribution in [2.45, 2.75) is 39.4 Å². The summed E-state index contributed by atoms with van der Waals surface area (Å²) < 4.78 is 7.28. The second-order valence-electron chi connectivity index (χ2n) is 5.72. The molecule has 0 saturated carbocycles. The van der Waals surface area contributed by atoms with E-state index >= 15 is 0 Å². The highest BCUT2D eigenvalue weighted by atomic mass is 16.5. The molecule has 0 saturated heterocycles. The van der Waals surface area contributed by atoms with Crippen LogP contribution in [0.15, 0.2) is 47.2 Å². The van der Waals surface area contributed by atoms with Crippen LogP contribution in [0.3, 0.4) is 0 Å². The predicted octanol–water partition coefficient (Wildman–Crippen LogP) is 2.98. The molecule has 120 valence electrons. The fraction of sp³-hybridized carbons (Fsp3) is 0.353. The van der Waals surface area contributed by atoms with Gasteiger partial charge in [-0.25, -0.2) is 0 Å². The van der Waals surface area contributed by atoms with Gasteiger partial charge in [0.1, 0.15) is 0 Å². The van der Waals surface area contributed by atoms with Crippen LogP contribution in [0, 0.1) is 6.92 Å². The highest BCUT2D eigenvalue weighted by Crippen LogP contribution is 2.19. The van der Waals surface area contributed by atoms with Crippen molar-refractivity contribution in [2.24, 2.45) is 0 Å². The second kappa shape index (κ2) is 6.75. The summed E-state index contributed by atoms with van der Waals surface area (Å²) in [4.78, 5) is 4.47. The quantitative estimate of drug-likeness (QED) is 0.758. The van der Waals surface area contributed by atoms with Crippen molar-refractivity contribution >= 4 is 0 Å². The van der Waals surface area contributed by atoms with Crippen LogP contribution in [-0.2, 0) is 6.54 Å². The Morgan fingerprint density at radius 1 is 1.22 bits per heavy atom. The number of aromatic nitrogens is 4. The molecule has 3 aromatic rings. The molecule has 1 aromatic carbocycles. The molecule has 23 heavy (non-hydrogen) atoms. The number of aryl methyl sites for hydroxylation is 1. The van der Waals surface area contributed by atoms with Crippen LogP contribution in [0.1, 0.15) is 31.3 Å². The van der Waals surface area contributed by atoms with Crippen LogP contribution in [0.4, 0.5) is 0 Å². The number of nitrogens with zero attached hydrogens (tertiary/aromatic N) is 4. The summed E-state index contributed by atoms with van der Waals surface area (Å²) in [6, 6.07) is 10.4. The number of hydrogen-bond donors (Lipinski definition) is 1. The monoisotopic (exact) mass is 311 g/mol. The summed E-state index contributed by atoms with van der Waals surface area (Å²) in [5.41, 5.74) is 2.13. The van der Waals surface area contributed by atoms with Crippen LogP contribution >= 0.6 is 0 Å². The van der Waals surface area contributed by atoms with E-state index in [1.807, 2.05) is 48.1 Å². The molecule has 3 rings (SSSR count). The Labute approximate surface area is 135 Å². The van der Waals surface area contributed by atoms with Crippen LogP contribution in [0.2, 0.25) is 0 Å². The first kappa shape index (κ1) is 15.4. The van der Waals surface area contributed by atoms with E-state index in [0.29, 0.717) is 18.3 Å². The van der Waals surface area contributed by atoms with Crippen molar-refractivity contribution in [3.8, 4) is 11.4 Å². The van der Waals surface area contributed by atoms with Crippen LogP contribution in [0.5, 0.6) is 0 Å². The van der Waals surface area contributed by atoms with Crippen molar-refractivity contribution in [3.63, 3.8) is 0 Å². The highest BCUT2D eigenvalue weighted by molar-refractivity contribution is 5.58. The summed E-state index contributed by atoms with van der Waals surface area (Å²) >= 11 is 0. The van der Waals surface area contributed by atoms with Gasteiger partial charge in [-0.05, 0) is 32.4 Å². The third kappa shape index (κ3) is 3.48. The lowest BCUT2D eigenvalue weighted by Gasteiger charge is -2.20. The third-order valence-corrected chi connectivity index (χ3v) is 4.10. The molecule has 0 aliphatic heterocycles. The standard InChI is InChI=1S/C17H21N5O/c1-12-7-4-5-8-15(12)17-20-16(23-21-17)11-18-13(2)14(3)22-10-6-9-19-22/h4-10,13-14,18H,11H2,1-3H3/t13-,14+/m1/s1. The summed E-state index contributed by atoms with van der Waals surface area (Å²) in [6.45, 7) is 6.81. The number of rotatable bonds is 6. The number of hydrogen-bond acceptors (Lipinski definition) is 5. The first-order valence-corrected chi connectivity index (χ1v) is 7.76. The average Bonchev–Trinajstić information content (AvgIpc) is 3.24. The van der Waals surface area contributed by atoms with Crippen LogP contribution in [-0.4, -0.2) is 26.0 Å². The van der Waals surface area contributed by atoms with Crippen molar-refractivity contribution in [1.82, 2.24) is 25.2 Å². The minimum atomic E-state index is 0.226. The first-order chi connectivity index (χ1) is 11.1. The van der Waals surface area contributed by atoms with Gasteiger partial charge >= 0.3 is 0 Å². The van der Waals surface area contributed by atoms with E-state index in [1.165, 1.54) is 0 Å². The van der Waals surface area contributed by atoms with Gasteiger partial charge in [-0.15, -0.1) is 0 Å². The van der Waals surface area contributed by atoms with E-state index < -0.39 is 0 Å². The fourth-order valence-electron chi connectivity index (χ4n) is 2.43. The Balaban J connectivity index is 1.62. The minimum Gasteiger partial charge on any atom is -0.338 e. The van der Waals surface area contributed by atoms with E-state index in [-0.39, 0.29) is 12.1 Å². The van der Waals surface area contributed by atoms with E-state index in [0.717, 1.165) is 11.1 Å². The molecule has 0 aliphatic rings. The molecule has 6 nitrogen and oxygen atoms in total. The molecule has 0 unspecified atom stereocenters. The summed E-state index contributed by atoms with van der Waals surface area (Å²) in [6.07, 6.45) is 3.75. The molecule has 0 fully saturated rings. The van der Waals surface area contributed by atoms with Crippen molar-refractivity contribution in [3.05, 3.63) is 54.2 Å². The summed E-state index contributed by atoms with van der Waals surface area (Å²) in [7, 11) is 0. The molecule has 0 radical (unpaired) electrons. The lowest BCUT2D eigenvalue weighted by atomic mass is 10.1. The molecule has 2 atom stereocenters. The molecule has 0 bridgehead atoms.